The van der Waals surface area contributed by atoms with Gasteiger partial charge < -0.3 is 9.90 Å². The van der Waals surface area contributed by atoms with Crippen molar-refractivity contribution >= 4 is 33.3 Å². The minimum absolute atomic E-state index is 0. The van der Waals surface area contributed by atoms with E-state index >= 15 is 0 Å². The molecule has 0 saturated carbocycles. The van der Waals surface area contributed by atoms with Gasteiger partial charge in [0.05, 0.1) is 11.4 Å². The van der Waals surface area contributed by atoms with E-state index < -0.39 is 11.4 Å². The summed E-state index contributed by atoms with van der Waals surface area (Å²) in [6.45, 7) is 0. The third kappa shape index (κ3) is 3.08. The predicted molar refractivity (Wildman–Crippen MR) is 96.3 cm³/mol. The van der Waals surface area contributed by atoms with Crippen LogP contribution in [0.3, 0.4) is 0 Å². The second kappa shape index (κ2) is 7.55. The second-order valence-corrected chi connectivity index (χ2v) is 5.14. The maximum atomic E-state index is 12.3. The Kier molecular flexibility index (Phi) is 5.71. The van der Waals surface area contributed by atoms with Crippen LogP contribution in [0.15, 0.2) is 91.0 Å². The minimum atomic E-state index is -1.32. The van der Waals surface area contributed by atoms with E-state index in [1.807, 2.05) is 91.0 Å². The van der Waals surface area contributed by atoms with E-state index in [0.717, 1.165) is 0 Å². The Balaban J connectivity index is 0. The molecule has 4 radical (unpaired) electrons. The van der Waals surface area contributed by atoms with Crippen molar-refractivity contribution < 1.29 is 14.2 Å². The van der Waals surface area contributed by atoms with E-state index in [1.54, 1.807) is 0 Å². The Labute approximate surface area is 160 Å². The zero-order chi connectivity index (χ0) is 15.4. The molecule has 118 valence electrons. The molecule has 0 fully saturated rings. The van der Waals surface area contributed by atoms with Crippen LogP contribution in [0.1, 0.15) is 21.0 Å². The molecule has 0 bridgehead atoms. The molecule has 0 aliphatic heterocycles. The molecule has 3 rings (SSSR count). The molecule has 0 amide bonds. The molecule has 0 spiro atoms. The SMILES string of the molecule is O=C([O-])C(c1ccccc1)(c1ccccc1)c1ccccc1.[HH].[HH].[HH].[Pb]. The van der Waals surface area contributed by atoms with Crippen molar-refractivity contribution in [3.8, 4) is 0 Å². The molecular weight excluding hydrogens is 479 g/mol. The first-order valence-electron chi connectivity index (χ1n) is 7.14. The second-order valence-electron chi connectivity index (χ2n) is 5.14. The molecule has 3 heteroatoms. The van der Waals surface area contributed by atoms with E-state index in [-0.39, 0.29) is 31.6 Å². The maximum absolute atomic E-state index is 12.3. The van der Waals surface area contributed by atoms with Crippen molar-refractivity contribution in [1.82, 2.24) is 0 Å². The summed E-state index contributed by atoms with van der Waals surface area (Å²) in [5, 5.41) is 12.3. The predicted octanol–water partition coefficient (Wildman–Crippen LogP) is 3.13. The first-order valence-corrected chi connectivity index (χ1v) is 7.14. The summed E-state index contributed by atoms with van der Waals surface area (Å²) in [5.41, 5.74) is 0.747. The number of aliphatic carboxylic acids is 1. The molecule has 3 aromatic carbocycles. The van der Waals surface area contributed by atoms with Crippen molar-refractivity contribution in [1.29, 1.82) is 0 Å². The summed E-state index contributed by atoms with van der Waals surface area (Å²) in [6, 6.07) is 27.7. The fourth-order valence-corrected chi connectivity index (χ4v) is 2.92. The number of carboxylic acids is 1. The average Bonchev–Trinajstić information content (AvgIpc) is 2.58. The Morgan fingerprint density at radius 1 is 0.652 bits per heavy atom. The van der Waals surface area contributed by atoms with Gasteiger partial charge in [0, 0.05) is 31.6 Å². The molecule has 23 heavy (non-hydrogen) atoms. The minimum Gasteiger partial charge on any atom is -0.548 e. The van der Waals surface area contributed by atoms with Gasteiger partial charge in [-0.1, -0.05) is 91.0 Å². The van der Waals surface area contributed by atoms with Crippen LogP contribution in [0.5, 0.6) is 0 Å². The van der Waals surface area contributed by atoms with E-state index in [1.165, 1.54) is 0 Å². The summed E-state index contributed by atoms with van der Waals surface area (Å²) in [5.74, 6) is -1.13. The van der Waals surface area contributed by atoms with Gasteiger partial charge in [-0.05, 0) is 16.7 Å². The molecule has 0 atom stereocenters. The third-order valence-electron chi connectivity index (χ3n) is 3.93. The Bertz CT molecular complexity index is 672. The van der Waals surface area contributed by atoms with Crippen LogP contribution in [0.2, 0.25) is 0 Å². The van der Waals surface area contributed by atoms with Crippen LogP contribution in [0, 0.1) is 0 Å². The monoisotopic (exact) mass is 501 g/mol. The standard InChI is InChI=1S/C20H16O2.Pb.3H2/c21-19(22)20(16-10-4-1-5-11-16,17-12-6-2-7-13-17)18-14-8-3-9-15-18;;;;/h1-15H,(H,21,22);;3*1H/p-1. The van der Waals surface area contributed by atoms with Crippen LogP contribution >= 0.6 is 0 Å². The summed E-state index contributed by atoms with van der Waals surface area (Å²) in [4.78, 5) is 12.3. The van der Waals surface area contributed by atoms with Crippen molar-refractivity contribution in [2.45, 2.75) is 5.41 Å². The fraction of sp³-hybridized carbons (Fsp3) is 0.0500. The zero-order valence-corrected chi connectivity index (χ0v) is 16.4. The van der Waals surface area contributed by atoms with Crippen molar-refractivity contribution in [3.63, 3.8) is 0 Å². The molecule has 3 aromatic rings. The largest absolute Gasteiger partial charge is 0.548 e. The van der Waals surface area contributed by atoms with Crippen LogP contribution in [0.4, 0.5) is 0 Å². The van der Waals surface area contributed by atoms with Gasteiger partial charge in [0.2, 0.25) is 0 Å². The van der Waals surface area contributed by atoms with Gasteiger partial charge in [0.15, 0.2) is 0 Å². The number of hydrogen-bond acceptors (Lipinski definition) is 2. The average molecular weight is 501 g/mol. The summed E-state index contributed by atoms with van der Waals surface area (Å²) >= 11 is 0. The van der Waals surface area contributed by atoms with Gasteiger partial charge >= 0.3 is 0 Å². The normalized spacial score (nSPS) is 10.6. The molecular formula is C20H21O2Pb-. The molecule has 0 saturated heterocycles. The van der Waals surface area contributed by atoms with E-state index in [4.69, 9.17) is 0 Å². The van der Waals surface area contributed by atoms with Gasteiger partial charge in [-0.3, -0.25) is 0 Å². The number of carbonyl (C=O) groups excluding carboxylic acids is 1. The number of carbonyl (C=O) groups is 1. The van der Waals surface area contributed by atoms with Gasteiger partial charge in [-0.15, -0.1) is 0 Å². The van der Waals surface area contributed by atoms with E-state index in [9.17, 15) is 9.90 Å². The molecule has 0 aromatic heterocycles. The molecule has 0 N–H and O–H groups in total. The number of hydrogen-bond donors (Lipinski definition) is 0. The molecule has 2 nitrogen and oxygen atoms in total. The molecule has 0 aliphatic carbocycles. The van der Waals surface area contributed by atoms with Gasteiger partial charge in [0.25, 0.3) is 0 Å². The van der Waals surface area contributed by atoms with Crippen molar-refractivity contribution in [2.75, 3.05) is 0 Å². The smallest absolute Gasteiger partial charge is 0.0847 e. The van der Waals surface area contributed by atoms with Gasteiger partial charge in [-0.2, -0.15) is 0 Å². The summed E-state index contributed by atoms with van der Waals surface area (Å²) in [7, 11) is 0. The molecule has 0 aliphatic rings. The third-order valence-corrected chi connectivity index (χ3v) is 3.93. The molecule has 0 heterocycles. The first-order chi connectivity index (χ1) is 10.8. The van der Waals surface area contributed by atoms with Crippen LogP contribution in [-0.4, -0.2) is 33.3 Å². The number of benzene rings is 3. The quantitative estimate of drug-likeness (QED) is 0.408. The zero-order valence-electron chi connectivity index (χ0n) is 12.5. The fourth-order valence-electron chi connectivity index (χ4n) is 2.92. The Morgan fingerprint density at radius 3 is 1.13 bits per heavy atom. The Hall–Kier alpha value is -1.95. The van der Waals surface area contributed by atoms with Crippen molar-refractivity contribution in [3.05, 3.63) is 108 Å². The number of rotatable bonds is 4. The van der Waals surface area contributed by atoms with Crippen molar-refractivity contribution in [2.24, 2.45) is 0 Å². The maximum Gasteiger partial charge on any atom is 0.0847 e. The molecule has 0 unspecified atom stereocenters. The van der Waals surface area contributed by atoms with E-state index in [2.05, 4.69) is 0 Å². The van der Waals surface area contributed by atoms with Gasteiger partial charge in [-0.25, -0.2) is 0 Å². The number of carboxylic acid groups (broad SMARTS) is 1. The van der Waals surface area contributed by atoms with Crippen LogP contribution in [-0.2, 0) is 10.2 Å². The van der Waals surface area contributed by atoms with Crippen LogP contribution < -0.4 is 5.11 Å². The first kappa shape index (κ1) is 17.4. The van der Waals surface area contributed by atoms with Gasteiger partial charge in [0.1, 0.15) is 0 Å². The Morgan fingerprint density at radius 2 is 0.913 bits per heavy atom. The summed E-state index contributed by atoms with van der Waals surface area (Å²) < 4.78 is 0. The summed E-state index contributed by atoms with van der Waals surface area (Å²) in [6.07, 6.45) is 0. The van der Waals surface area contributed by atoms with Crippen LogP contribution in [0.25, 0.3) is 0 Å². The topological polar surface area (TPSA) is 40.1 Å². The van der Waals surface area contributed by atoms with E-state index in [0.29, 0.717) is 16.7 Å².